The first-order valence-corrected chi connectivity index (χ1v) is 6.13. The summed E-state index contributed by atoms with van der Waals surface area (Å²) in [6.07, 6.45) is 1.71. The smallest absolute Gasteiger partial charge is 0.260 e. The quantitative estimate of drug-likeness (QED) is 0.578. The second-order valence-corrected chi connectivity index (χ2v) is 4.57. The maximum absolute atomic E-state index is 12.1. The highest BCUT2D eigenvalue weighted by atomic mass is 32.1. The molecule has 1 rings (SSSR count). The number of unbranched alkanes of at least 4 members (excludes halogenated alkanes) is 1. The van der Waals surface area contributed by atoms with Crippen LogP contribution in [-0.2, 0) is 11.3 Å². The van der Waals surface area contributed by atoms with Gasteiger partial charge in [-0.3, -0.25) is 9.59 Å². The first kappa shape index (κ1) is 14.4. The van der Waals surface area contributed by atoms with Crippen molar-refractivity contribution < 1.29 is 4.79 Å². The summed E-state index contributed by atoms with van der Waals surface area (Å²) in [5.41, 5.74) is 11.6. The predicted octanol–water partition coefficient (Wildman–Crippen LogP) is 0.447. The summed E-state index contributed by atoms with van der Waals surface area (Å²) in [6.45, 7) is 2.38. The monoisotopic (exact) mass is 267 g/mol. The molecule has 1 amide bonds. The Hall–Kier alpha value is -1.69. The van der Waals surface area contributed by atoms with Crippen LogP contribution in [0.25, 0.3) is 0 Å². The molecule has 18 heavy (non-hydrogen) atoms. The van der Waals surface area contributed by atoms with Crippen LogP contribution in [0, 0.1) is 6.92 Å². The van der Waals surface area contributed by atoms with Crippen molar-refractivity contribution >= 4 is 23.1 Å². The van der Waals surface area contributed by atoms with Crippen molar-refractivity contribution in [3.63, 3.8) is 0 Å². The lowest BCUT2D eigenvalue weighted by molar-refractivity contribution is -0.118. The molecule has 1 aromatic rings. The van der Waals surface area contributed by atoms with Gasteiger partial charge in [-0.15, -0.1) is 0 Å². The van der Waals surface area contributed by atoms with Crippen molar-refractivity contribution in [2.75, 3.05) is 0 Å². The Kier molecular flexibility index (Phi) is 5.03. The summed E-state index contributed by atoms with van der Waals surface area (Å²) in [6, 6.07) is 3.45. The molecule has 0 radical (unpaired) electrons. The van der Waals surface area contributed by atoms with E-state index in [9.17, 15) is 9.59 Å². The predicted molar refractivity (Wildman–Crippen MR) is 74.4 cm³/mol. The van der Waals surface area contributed by atoms with Gasteiger partial charge in [-0.25, -0.2) is 0 Å². The lowest BCUT2D eigenvalue weighted by Gasteiger charge is -2.11. The zero-order valence-electron chi connectivity index (χ0n) is 10.3. The fourth-order valence-corrected chi connectivity index (χ4v) is 1.86. The summed E-state index contributed by atoms with van der Waals surface area (Å²) in [5.74, 6) is -0.323. The molecule has 0 saturated carbocycles. The topological polar surface area (TPSA) is 91.1 Å². The molecule has 1 aromatic heterocycles. The average Bonchev–Trinajstić information content (AvgIpc) is 2.26. The Bertz CT molecular complexity index is 523. The lowest BCUT2D eigenvalue weighted by Crippen LogP contribution is -2.30. The van der Waals surface area contributed by atoms with Crippen LogP contribution in [0.15, 0.2) is 16.9 Å². The molecule has 0 atom stereocenters. The summed E-state index contributed by atoms with van der Waals surface area (Å²) in [7, 11) is 0. The SMILES string of the molecule is Cc1ccc(C(N)=S)c(=O)n1CCCCC(N)=O. The number of pyridine rings is 1. The average molecular weight is 267 g/mol. The zero-order chi connectivity index (χ0) is 13.7. The van der Waals surface area contributed by atoms with Gasteiger partial charge in [0.05, 0.1) is 5.56 Å². The summed E-state index contributed by atoms with van der Waals surface area (Å²) < 4.78 is 1.62. The minimum absolute atomic E-state index is 0.103. The molecule has 0 spiro atoms. The Morgan fingerprint density at radius 2 is 2.00 bits per heavy atom. The van der Waals surface area contributed by atoms with E-state index < -0.39 is 0 Å². The fraction of sp³-hybridized carbons (Fsp3) is 0.417. The van der Waals surface area contributed by atoms with Crippen LogP contribution in [0.4, 0.5) is 0 Å². The fourth-order valence-electron chi connectivity index (χ4n) is 1.71. The number of aromatic nitrogens is 1. The van der Waals surface area contributed by atoms with Crippen molar-refractivity contribution in [1.82, 2.24) is 4.57 Å². The van der Waals surface area contributed by atoms with Crippen molar-refractivity contribution in [2.24, 2.45) is 11.5 Å². The van der Waals surface area contributed by atoms with E-state index in [0.717, 1.165) is 5.69 Å². The number of amides is 1. The number of thiocarbonyl (C=S) groups is 1. The van der Waals surface area contributed by atoms with Gasteiger partial charge in [-0.1, -0.05) is 12.2 Å². The normalized spacial score (nSPS) is 10.3. The molecule has 0 aromatic carbocycles. The maximum atomic E-state index is 12.1. The first-order chi connectivity index (χ1) is 8.43. The van der Waals surface area contributed by atoms with Crippen LogP contribution in [0.2, 0.25) is 0 Å². The number of aryl methyl sites for hydroxylation is 1. The molecule has 0 aliphatic rings. The number of carbonyl (C=O) groups excluding carboxylic acids is 1. The molecular formula is C12H17N3O2S. The first-order valence-electron chi connectivity index (χ1n) is 5.72. The Labute approximate surface area is 111 Å². The van der Waals surface area contributed by atoms with Gasteiger partial charge in [0.1, 0.15) is 4.99 Å². The lowest BCUT2D eigenvalue weighted by atomic mass is 10.2. The molecule has 5 nitrogen and oxygen atoms in total. The number of nitrogens with two attached hydrogens (primary N) is 2. The third-order valence-corrected chi connectivity index (χ3v) is 2.93. The van der Waals surface area contributed by atoms with E-state index in [1.54, 1.807) is 10.6 Å². The Morgan fingerprint density at radius 1 is 1.33 bits per heavy atom. The number of hydrogen-bond acceptors (Lipinski definition) is 3. The number of primary amides is 1. The van der Waals surface area contributed by atoms with Crippen LogP contribution < -0.4 is 17.0 Å². The van der Waals surface area contributed by atoms with Gasteiger partial charge in [0.15, 0.2) is 0 Å². The van der Waals surface area contributed by atoms with E-state index in [1.807, 2.05) is 13.0 Å². The molecule has 1 heterocycles. The van der Waals surface area contributed by atoms with E-state index >= 15 is 0 Å². The largest absolute Gasteiger partial charge is 0.389 e. The van der Waals surface area contributed by atoms with E-state index in [4.69, 9.17) is 23.7 Å². The van der Waals surface area contributed by atoms with Crippen LogP contribution in [-0.4, -0.2) is 15.5 Å². The highest BCUT2D eigenvalue weighted by Gasteiger charge is 2.08. The van der Waals surface area contributed by atoms with Gasteiger partial charge in [0.2, 0.25) is 5.91 Å². The molecule has 0 saturated heterocycles. The van der Waals surface area contributed by atoms with Crippen LogP contribution >= 0.6 is 12.2 Å². The molecule has 0 aliphatic heterocycles. The maximum Gasteiger partial charge on any atom is 0.260 e. The van der Waals surface area contributed by atoms with E-state index in [0.29, 0.717) is 31.4 Å². The molecule has 0 fully saturated rings. The van der Waals surface area contributed by atoms with Crippen molar-refractivity contribution in [3.8, 4) is 0 Å². The van der Waals surface area contributed by atoms with Crippen LogP contribution in [0.1, 0.15) is 30.5 Å². The number of carbonyl (C=O) groups is 1. The van der Waals surface area contributed by atoms with Gasteiger partial charge in [-0.05, 0) is 31.9 Å². The minimum atomic E-state index is -0.323. The Morgan fingerprint density at radius 3 is 2.56 bits per heavy atom. The molecule has 0 bridgehead atoms. The zero-order valence-corrected chi connectivity index (χ0v) is 11.1. The van der Waals surface area contributed by atoms with E-state index in [-0.39, 0.29) is 16.5 Å². The van der Waals surface area contributed by atoms with Crippen LogP contribution in [0.3, 0.4) is 0 Å². The van der Waals surface area contributed by atoms with Crippen molar-refractivity contribution in [2.45, 2.75) is 32.7 Å². The molecule has 4 N–H and O–H groups in total. The van der Waals surface area contributed by atoms with Gasteiger partial charge < -0.3 is 16.0 Å². The Balaban J connectivity index is 2.82. The highest BCUT2D eigenvalue weighted by Crippen LogP contribution is 2.03. The molecule has 0 unspecified atom stereocenters. The van der Waals surface area contributed by atoms with Gasteiger partial charge in [0.25, 0.3) is 5.56 Å². The molecular weight excluding hydrogens is 250 g/mol. The van der Waals surface area contributed by atoms with Gasteiger partial charge in [-0.2, -0.15) is 0 Å². The molecule has 0 aliphatic carbocycles. The third-order valence-electron chi connectivity index (χ3n) is 2.71. The second-order valence-electron chi connectivity index (χ2n) is 4.13. The second kappa shape index (κ2) is 6.30. The number of nitrogens with zero attached hydrogens (tertiary/aromatic N) is 1. The van der Waals surface area contributed by atoms with Crippen molar-refractivity contribution in [3.05, 3.63) is 33.7 Å². The summed E-state index contributed by atoms with van der Waals surface area (Å²) in [4.78, 5) is 22.8. The standard InChI is InChI=1S/C12H17N3O2S/c1-8-5-6-9(11(14)18)12(17)15(8)7-3-2-4-10(13)16/h5-6H,2-4,7H2,1H3,(H2,13,16)(H2,14,18). The van der Waals surface area contributed by atoms with E-state index in [1.165, 1.54) is 0 Å². The van der Waals surface area contributed by atoms with Gasteiger partial charge in [0, 0.05) is 18.7 Å². The molecule has 6 heteroatoms. The van der Waals surface area contributed by atoms with E-state index in [2.05, 4.69) is 0 Å². The summed E-state index contributed by atoms with van der Waals surface area (Å²) >= 11 is 4.83. The van der Waals surface area contributed by atoms with Crippen LogP contribution in [0.5, 0.6) is 0 Å². The minimum Gasteiger partial charge on any atom is -0.389 e. The number of hydrogen-bond donors (Lipinski definition) is 2. The summed E-state index contributed by atoms with van der Waals surface area (Å²) in [5, 5.41) is 0. The van der Waals surface area contributed by atoms with Gasteiger partial charge >= 0.3 is 0 Å². The third kappa shape index (κ3) is 3.66. The molecule has 98 valence electrons. The highest BCUT2D eigenvalue weighted by molar-refractivity contribution is 7.80. The van der Waals surface area contributed by atoms with Crippen molar-refractivity contribution in [1.29, 1.82) is 0 Å². The number of rotatable bonds is 6.